The number of nitrogens with one attached hydrogen (secondary N) is 2. The van der Waals surface area contributed by atoms with E-state index < -0.39 is 0 Å². The predicted molar refractivity (Wildman–Crippen MR) is 98.9 cm³/mol. The Kier molecular flexibility index (Phi) is 5.52. The summed E-state index contributed by atoms with van der Waals surface area (Å²) in [5, 5.41) is 10.0. The number of hydrogen-bond donors (Lipinski definition) is 2. The van der Waals surface area contributed by atoms with Gasteiger partial charge in [0.25, 0.3) is 0 Å². The number of halogens is 1. The zero-order chi connectivity index (χ0) is 18.5. The van der Waals surface area contributed by atoms with Crippen LogP contribution >= 0.6 is 11.8 Å². The number of carbonyl (C=O) groups excluding carboxylic acids is 1. The van der Waals surface area contributed by atoms with Crippen LogP contribution in [0.3, 0.4) is 0 Å². The molecule has 2 N–H and O–H groups in total. The maximum atomic E-state index is 13.5. The lowest BCUT2D eigenvalue weighted by molar-refractivity contribution is -0.113. The number of rotatable bonds is 6. The average Bonchev–Trinajstić information content (AvgIpc) is 3.12. The van der Waals surface area contributed by atoms with E-state index >= 15 is 0 Å². The van der Waals surface area contributed by atoms with Crippen LogP contribution < -0.4 is 10.1 Å². The number of benzene rings is 2. The molecule has 1 aromatic heterocycles. The van der Waals surface area contributed by atoms with Gasteiger partial charge < -0.3 is 10.1 Å². The Bertz CT molecular complexity index is 912. The Morgan fingerprint density at radius 3 is 2.73 bits per heavy atom. The minimum Gasteiger partial charge on any atom is -0.497 e. The number of H-pyrrole nitrogens is 1. The van der Waals surface area contributed by atoms with Crippen LogP contribution in [0.5, 0.6) is 5.75 Å². The molecule has 134 valence electrons. The molecule has 0 unspecified atom stereocenters. The molecule has 0 bridgehead atoms. The van der Waals surface area contributed by atoms with Crippen molar-refractivity contribution in [1.82, 2.24) is 15.2 Å². The first kappa shape index (κ1) is 17.9. The first-order chi connectivity index (χ1) is 12.5. The van der Waals surface area contributed by atoms with Crippen LogP contribution in [0, 0.1) is 12.7 Å². The normalized spacial score (nSPS) is 10.6. The van der Waals surface area contributed by atoms with Gasteiger partial charge in [0.1, 0.15) is 11.6 Å². The first-order valence-electron chi connectivity index (χ1n) is 7.81. The molecule has 0 spiro atoms. The molecule has 0 aliphatic heterocycles. The third kappa shape index (κ3) is 4.40. The van der Waals surface area contributed by atoms with Gasteiger partial charge >= 0.3 is 0 Å². The zero-order valence-corrected chi connectivity index (χ0v) is 15.1. The van der Waals surface area contributed by atoms with Crippen LogP contribution in [-0.2, 0) is 4.79 Å². The molecule has 0 aliphatic rings. The third-order valence-electron chi connectivity index (χ3n) is 3.62. The molecule has 0 saturated carbocycles. The second-order valence-corrected chi connectivity index (χ2v) is 6.44. The van der Waals surface area contributed by atoms with E-state index in [0.29, 0.717) is 22.2 Å². The van der Waals surface area contributed by atoms with Crippen molar-refractivity contribution in [2.75, 3.05) is 18.2 Å². The molecular weight excluding hydrogens is 355 g/mol. The minimum atomic E-state index is -0.353. The fraction of sp³-hybridized carbons (Fsp3) is 0.167. The molecular formula is C18H17FN4O2S. The standard InChI is InChI=1S/C18H17FN4O2S/c1-11-3-6-13(9-15(11)19)20-16(24)10-26-18-21-17(22-23-18)12-4-7-14(25-2)8-5-12/h3-9H,10H2,1-2H3,(H,20,24)(H,21,22,23). The van der Waals surface area contributed by atoms with Gasteiger partial charge in [-0.15, -0.1) is 5.10 Å². The van der Waals surface area contributed by atoms with Crippen molar-refractivity contribution in [2.24, 2.45) is 0 Å². The van der Waals surface area contributed by atoms with Crippen molar-refractivity contribution in [2.45, 2.75) is 12.1 Å². The number of ether oxygens (including phenoxy) is 1. The van der Waals surface area contributed by atoms with E-state index in [1.54, 1.807) is 26.2 Å². The molecule has 3 aromatic rings. The Balaban J connectivity index is 1.56. The predicted octanol–water partition coefficient (Wildman–Crippen LogP) is 3.66. The van der Waals surface area contributed by atoms with Gasteiger partial charge in [0.2, 0.25) is 11.1 Å². The second kappa shape index (κ2) is 8.01. The molecule has 3 rings (SSSR count). The lowest BCUT2D eigenvalue weighted by atomic mass is 10.2. The summed E-state index contributed by atoms with van der Waals surface area (Å²) >= 11 is 1.19. The van der Waals surface area contributed by atoms with Crippen LogP contribution in [0.1, 0.15) is 5.56 Å². The summed E-state index contributed by atoms with van der Waals surface area (Å²) in [6.07, 6.45) is 0. The molecule has 1 heterocycles. The fourth-order valence-corrected chi connectivity index (χ4v) is 2.79. The maximum Gasteiger partial charge on any atom is 0.234 e. The van der Waals surface area contributed by atoms with Crippen molar-refractivity contribution >= 4 is 23.4 Å². The molecule has 0 aliphatic carbocycles. The SMILES string of the molecule is COc1ccc(-c2nc(SCC(=O)Nc3ccc(C)c(F)c3)n[nH]2)cc1. The number of anilines is 1. The van der Waals surface area contributed by atoms with E-state index in [-0.39, 0.29) is 17.5 Å². The van der Waals surface area contributed by atoms with Crippen LogP contribution in [0.15, 0.2) is 47.6 Å². The van der Waals surface area contributed by atoms with Gasteiger partial charge in [-0.25, -0.2) is 9.37 Å². The summed E-state index contributed by atoms with van der Waals surface area (Å²) in [7, 11) is 1.61. The van der Waals surface area contributed by atoms with E-state index in [2.05, 4.69) is 20.5 Å². The molecule has 0 atom stereocenters. The lowest BCUT2D eigenvalue weighted by Gasteiger charge is -2.05. The summed E-state index contributed by atoms with van der Waals surface area (Å²) in [5.74, 6) is 0.876. The number of amides is 1. The van der Waals surface area contributed by atoms with Crippen molar-refractivity contribution < 1.29 is 13.9 Å². The Hall–Kier alpha value is -2.87. The van der Waals surface area contributed by atoms with Crippen molar-refractivity contribution in [3.8, 4) is 17.1 Å². The number of methoxy groups -OCH3 is 1. The number of thioether (sulfide) groups is 1. The van der Waals surface area contributed by atoms with Gasteiger partial charge in [-0.1, -0.05) is 17.8 Å². The number of aromatic nitrogens is 3. The maximum absolute atomic E-state index is 13.5. The van der Waals surface area contributed by atoms with Crippen LogP contribution in [0.2, 0.25) is 0 Å². The van der Waals surface area contributed by atoms with Crippen LogP contribution in [0.4, 0.5) is 10.1 Å². The van der Waals surface area contributed by atoms with Crippen molar-refractivity contribution in [1.29, 1.82) is 0 Å². The van der Waals surface area contributed by atoms with E-state index in [1.807, 2.05) is 24.3 Å². The highest BCUT2D eigenvalue weighted by Crippen LogP contribution is 2.22. The van der Waals surface area contributed by atoms with Gasteiger partial charge in [0.15, 0.2) is 5.82 Å². The Morgan fingerprint density at radius 2 is 2.04 bits per heavy atom. The summed E-state index contributed by atoms with van der Waals surface area (Å²) in [6.45, 7) is 1.67. The average molecular weight is 372 g/mol. The van der Waals surface area contributed by atoms with E-state index in [1.165, 1.54) is 17.8 Å². The highest BCUT2D eigenvalue weighted by Gasteiger charge is 2.10. The van der Waals surface area contributed by atoms with E-state index in [0.717, 1.165) is 11.3 Å². The molecule has 1 amide bonds. The molecule has 26 heavy (non-hydrogen) atoms. The van der Waals surface area contributed by atoms with E-state index in [9.17, 15) is 9.18 Å². The topological polar surface area (TPSA) is 79.9 Å². The molecule has 0 saturated heterocycles. The molecule has 0 fully saturated rings. The Morgan fingerprint density at radius 1 is 1.27 bits per heavy atom. The number of nitrogens with zero attached hydrogens (tertiary/aromatic N) is 2. The van der Waals surface area contributed by atoms with Crippen molar-refractivity contribution in [3.63, 3.8) is 0 Å². The number of aryl methyl sites for hydroxylation is 1. The number of hydrogen-bond acceptors (Lipinski definition) is 5. The summed E-state index contributed by atoms with van der Waals surface area (Å²) in [4.78, 5) is 16.4. The quantitative estimate of drug-likeness (QED) is 0.646. The van der Waals surface area contributed by atoms with Crippen molar-refractivity contribution in [3.05, 3.63) is 53.8 Å². The smallest absolute Gasteiger partial charge is 0.234 e. The summed E-state index contributed by atoms with van der Waals surface area (Å²) in [5.41, 5.74) is 1.82. The fourth-order valence-electron chi connectivity index (χ4n) is 2.19. The highest BCUT2D eigenvalue weighted by atomic mass is 32.2. The van der Waals surface area contributed by atoms with Gasteiger partial charge in [-0.05, 0) is 48.9 Å². The first-order valence-corrected chi connectivity index (χ1v) is 8.79. The van der Waals surface area contributed by atoms with Gasteiger partial charge in [-0.2, -0.15) is 0 Å². The van der Waals surface area contributed by atoms with Gasteiger partial charge in [0.05, 0.1) is 12.9 Å². The second-order valence-electron chi connectivity index (χ2n) is 5.50. The lowest BCUT2D eigenvalue weighted by Crippen LogP contribution is -2.14. The number of carbonyl (C=O) groups is 1. The third-order valence-corrected chi connectivity index (χ3v) is 4.46. The largest absolute Gasteiger partial charge is 0.497 e. The zero-order valence-electron chi connectivity index (χ0n) is 14.2. The number of aromatic amines is 1. The summed E-state index contributed by atoms with van der Waals surface area (Å²) < 4.78 is 18.6. The van der Waals surface area contributed by atoms with Crippen LogP contribution in [0.25, 0.3) is 11.4 Å². The van der Waals surface area contributed by atoms with Crippen LogP contribution in [-0.4, -0.2) is 34.0 Å². The highest BCUT2D eigenvalue weighted by molar-refractivity contribution is 7.99. The van der Waals surface area contributed by atoms with E-state index in [4.69, 9.17) is 4.74 Å². The summed E-state index contributed by atoms with van der Waals surface area (Å²) in [6, 6.07) is 12.0. The minimum absolute atomic E-state index is 0.120. The van der Waals surface area contributed by atoms with Gasteiger partial charge in [0, 0.05) is 11.3 Å². The van der Waals surface area contributed by atoms with Gasteiger partial charge in [-0.3, -0.25) is 9.89 Å². The Labute approximate surface area is 154 Å². The molecule has 0 radical (unpaired) electrons. The molecule has 8 heteroatoms. The molecule has 2 aromatic carbocycles. The molecule has 6 nitrogen and oxygen atoms in total. The monoisotopic (exact) mass is 372 g/mol.